The van der Waals surface area contributed by atoms with E-state index >= 15 is 0 Å². The van der Waals surface area contributed by atoms with Gasteiger partial charge in [-0.3, -0.25) is 19.1 Å². The first-order valence-corrected chi connectivity index (χ1v) is 15.5. The Balaban J connectivity index is 1.49. The van der Waals surface area contributed by atoms with E-state index < -0.39 is 0 Å². The Morgan fingerprint density at radius 3 is 2.40 bits per heavy atom. The number of amides is 1. The molecule has 0 unspecified atom stereocenters. The number of halogens is 1. The lowest BCUT2D eigenvalue weighted by Gasteiger charge is -2.36. The second kappa shape index (κ2) is 13.1. The van der Waals surface area contributed by atoms with E-state index in [2.05, 4.69) is 35.2 Å². The SMILES string of the molecule is CCCn1c(N2CCC(Cc3ccccc3)CC2)c(C=C2SC(=S)N(Cc3ccc(F)cc3)C2=O)c(C)c(C#N)c1=O. The summed E-state index contributed by atoms with van der Waals surface area (Å²) in [5.41, 5.74) is 3.19. The minimum Gasteiger partial charge on any atom is -0.357 e. The summed E-state index contributed by atoms with van der Waals surface area (Å²) in [5, 5.41) is 9.95. The molecule has 5 rings (SSSR count). The van der Waals surface area contributed by atoms with E-state index in [-0.39, 0.29) is 29.4 Å². The van der Waals surface area contributed by atoms with Gasteiger partial charge in [0, 0.05) is 25.2 Å². The number of carbonyl (C=O) groups excluding carboxylic acids is 1. The highest BCUT2D eigenvalue weighted by Crippen LogP contribution is 2.37. The minimum absolute atomic E-state index is 0.0965. The second-order valence-electron chi connectivity index (χ2n) is 10.8. The Labute approximate surface area is 255 Å². The lowest BCUT2D eigenvalue weighted by Crippen LogP contribution is -2.40. The van der Waals surface area contributed by atoms with Crippen LogP contribution in [0.1, 0.15) is 54.0 Å². The summed E-state index contributed by atoms with van der Waals surface area (Å²) in [4.78, 5) is 31.3. The van der Waals surface area contributed by atoms with Crippen molar-refractivity contribution >= 4 is 46.1 Å². The third-order valence-electron chi connectivity index (χ3n) is 7.98. The molecule has 3 aromatic rings. The molecule has 0 bridgehead atoms. The largest absolute Gasteiger partial charge is 0.357 e. The molecule has 0 saturated carbocycles. The van der Waals surface area contributed by atoms with Gasteiger partial charge in [-0.2, -0.15) is 5.26 Å². The topological polar surface area (TPSA) is 69.3 Å². The molecule has 2 aliphatic heterocycles. The molecule has 1 aromatic heterocycles. The highest BCUT2D eigenvalue weighted by Gasteiger charge is 2.34. The van der Waals surface area contributed by atoms with Gasteiger partial charge in [-0.15, -0.1) is 0 Å². The maximum absolute atomic E-state index is 13.6. The fraction of sp³-hybridized carbons (Fsp3) is 0.333. The molecule has 9 heteroatoms. The third-order valence-corrected chi connectivity index (χ3v) is 9.36. The smallest absolute Gasteiger partial charge is 0.270 e. The number of hydrogen-bond acceptors (Lipinski definition) is 6. The first kappa shape index (κ1) is 29.7. The van der Waals surface area contributed by atoms with Gasteiger partial charge in [0.25, 0.3) is 11.5 Å². The number of nitriles is 1. The summed E-state index contributed by atoms with van der Waals surface area (Å²) in [6.45, 7) is 6.06. The number of rotatable bonds is 8. The number of anilines is 1. The molecule has 0 radical (unpaired) electrons. The average Bonchev–Trinajstić information content (AvgIpc) is 3.25. The maximum atomic E-state index is 13.6. The van der Waals surface area contributed by atoms with Gasteiger partial charge in [0.1, 0.15) is 27.6 Å². The number of benzene rings is 2. The molecule has 2 saturated heterocycles. The number of thioether (sulfide) groups is 1. The van der Waals surface area contributed by atoms with E-state index in [9.17, 15) is 19.2 Å². The van der Waals surface area contributed by atoms with Crippen molar-refractivity contribution in [3.05, 3.63) is 103 Å². The lowest BCUT2D eigenvalue weighted by molar-refractivity contribution is -0.122. The second-order valence-corrected chi connectivity index (χ2v) is 12.5. The molecule has 0 N–H and O–H groups in total. The molecule has 3 heterocycles. The lowest BCUT2D eigenvalue weighted by atomic mass is 9.90. The van der Waals surface area contributed by atoms with Gasteiger partial charge in [-0.05, 0) is 73.4 Å². The number of hydrogen-bond donors (Lipinski definition) is 0. The quantitative estimate of drug-likeness (QED) is 0.219. The van der Waals surface area contributed by atoms with Crippen LogP contribution >= 0.6 is 24.0 Å². The molecule has 0 aliphatic carbocycles. The number of pyridine rings is 1. The van der Waals surface area contributed by atoms with E-state index in [1.807, 2.05) is 13.0 Å². The highest BCUT2D eigenvalue weighted by atomic mass is 32.2. The molecule has 6 nitrogen and oxygen atoms in total. The zero-order valence-electron chi connectivity index (χ0n) is 23.8. The van der Waals surface area contributed by atoms with Crippen molar-refractivity contribution in [3.8, 4) is 6.07 Å². The summed E-state index contributed by atoms with van der Waals surface area (Å²) in [6, 6.07) is 18.6. The van der Waals surface area contributed by atoms with E-state index in [0.717, 1.165) is 50.2 Å². The van der Waals surface area contributed by atoms with Gasteiger partial charge in [-0.25, -0.2) is 4.39 Å². The minimum atomic E-state index is -0.341. The van der Waals surface area contributed by atoms with Crippen molar-refractivity contribution in [2.45, 2.75) is 52.6 Å². The standard InChI is InChI=1S/C33H33FN4O2S2/c1-3-15-37-30(36-16-13-24(14-17-36)18-23-7-5-4-6-8-23)27(22(2)28(20-35)31(37)39)19-29-32(40)38(33(41)42-29)21-25-9-11-26(34)12-10-25/h4-12,19,24H,3,13-18,21H2,1-2H3. The Hall–Kier alpha value is -3.74. The molecule has 2 aliphatic rings. The molecular weight excluding hydrogens is 568 g/mol. The van der Waals surface area contributed by atoms with Crippen LogP contribution in [-0.4, -0.2) is 32.8 Å². The number of thiocarbonyl (C=S) groups is 1. The Morgan fingerprint density at radius 2 is 1.76 bits per heavy atom. The van der Waals surface area contributed by atoms with Crippen LogP contribution in [0.5, 0.6) is 0 Å². The Kier molecular flexibility index (Phi) is 9.24. The van der Waals surface area contributed by atoms with Gasteiger partial charge in [0.05, 0.1) is 11.4 Å². The number of aromatic nitrogens is 1. The first-order chi connectivity index (χ1) is 20.3. The zero-order chi connectivity index (χ0) is 29.8. The zero-order valence-corrected chi connectivity index (χ0v) is 25.4. The van der Waals surface area contributed by atoms with Crippen LogP contribution in [0.3, 0.4) is 0 Å². The molecular formula is C33H33FN4O2S2. The van der Waals surface area contributed by atoms with Crippen molar-refractivity contribution < 1.29 is 9.18 Å². The van der Waals surface area contributed by atoms with Crippen LogP contribution in [-0.2, 0) is 24.3 Å². The van der Waals surface area contributed by atoms with E-state index in [0.29, 0.717) is 32.8 Å². The fourth-order valence-corrected chi connectivity index (χ4v) is 6.99. The number of nitrogens with zero attached hydrogens (tertiary/aromatic N) is 4. The van der Waals surface area contributed by atoms with E-state index in [4.69, 9.17) is 12.2 Å². The molecule has 2 aromatic carbocycles. The normalized spacial score (nSPS) is 16.9. The Morgan fingerprint density at radius 1 is 1.07 bits per heavy atom. The van der Waals surface area contributed by atoms with Crippen LogP contribution in [0.25, 0.3) is 6.08 Å². The summed E-state index contributed by atoms with van der Waals surface area (Å²) in [6.07, 6.45) is 5.51. The van der Waals surface area contributed by atoms with Crippen LogP contribution in [0.4, 0.5) is 10.2 Å². The summed E-state index contributed by atoms with van der Waals surface area (Å²) >= 11 is 6.77. The first-order valence-electron chi connectivity index (χ1n) is 14.3. The van der Waals surface area contributed by atoms with Crippen LogP contribution in [0.15, 0.2) is 64.3 Å². The predicted octanol–water partition coefficient (Wildman–Crippen LogP) is 6.44. The summed E-state index contributed by atoms with van der Waals surface area (Å²) in [5.74, 6) is 0.723. The van der Waals surface area contributed by atoms with Crippen molar-refractivity contribution in [1.29, 1.82) is 5.26 Å². The number of piperidine rings is 1. The molecule has 216 valence electrons. The van der Waals surface area contributed by atoms with Gasteiger partial charge < -0.3 is 4.90 Å². The van der Waals surface area contributed by atoms with Crippen LogP contribution in [0.2, 0.25) is 0 Å². The van der Waals surface area contributed by atoms with Crippen molar-refractivity contribution in [1.82, 2.24) is 9.47 Å². The predicted molar refractivity (Wildman–Crippen MR) is 171 cm³/mol. The van der Waals surface area contributed by atoms with Crippen molar-refractivity contribution in [2.24, 2.45) is 5.92 Å². The molecule has 0 spiro atoms. The number of carbonyl (C=O) groups is 1. The summed E-state index contributed by atoms with van der Waals surface area (Å²) in [7, 11) is 0. The van der Waals surface area contributed by atoms with Crippen LogP contribution in [0, 0.1) is 30.0 Å². The highest BCUT2D eigenvalue weighted by molar-refractivity contribution is 8.26. The Bertz CT molecular complexity index is 1620. The summed E-state index contributed by atoms with van der Waals surface area (Å²) < 4.78 is 15.5. The van der Waals surface area contributed by atoms with Gasteiger partial charge >= 0.3 is 0 Å². The molecule has 2 fully saturated rings. The fourth-order valence-electron chi connectivity index (χ4n) is 5.75. The van der Waals surface area contributed by atoms with Crippen molar-refractivity contribution in [2.75, 3.05) is 18.0 Å². The van der Waals surface area contributed by atoms with Gasteiger partial charge in [-0.1, -0.05) is 73.4 Å². The van der Waals surface area contributed by atoms with Gasteiger partial charge in [0.15, 0.2) is 0 Å². The van der Waals surface area contributed by atoms with E-state index in [1.54, 1.807) is 29.7 Å². The van der Waals surface area contributed by atoms with Gasteiger partial charge in [0.2, 0.25) is 0 Å². The third kappa shape index (κ3) is 6.20. The average molecular weight is 601 g/mol. The molecule has 42 heavy (non-hydrogen) atoms. The van der Waals surface area contributed by atoms with Crippen LogP contribution < -0.4 is 10.5 Å². The van der Waals surface area contributed by atoms with Crippen molar-refractivity contribution in [3.63, 3.8) is 0 Å². The van der Waals surface area contributed by atoms with E-state index in [1.165, 1.54) is 34.4 Å². The maximum Gasteiger partial charge on any atom is 0.270 e. The molecule has 1 amide bonds. The molecule has 0 atom stereocenters. The monoisotopic (exact) mass is 600 g/mol.